The predicted molar refractivity (Wildman–Crippen MR) is 97.5 cm³/mol. The van der Waals surface area contributed by atoms with Gasteiger partial charge in [-0.25, -0.2) is 0 Å². The number of nitrogens with zero attached hydrogens (tertiary/aromatic N) is 2. The summed E-state index contributed by atoms with van der Waals surface area (Å²) in [6, 6.07) is 1.80. The summed E-state index contributed by atoms with van der Waals surface area (Å²) in [5.74, 6) is 1.33. The van der Waals surface area contributed by atoms with Gasteiger partial charge in [0, 0.05) is 44.8 Å². The maximum atomic E-state index is 13.3. The van der Waals surface area contributed by atoms with E-state index >= 15 is 0 Å². The van der Waals surface area contributed by atoms with E-state index in [4.69, 9.17) is 13.9 Å². The molecule has 0 radical (unpaired) electrons. The number of carbonyl (C=O) groups is 2. The first-order chi connectivity index (χ1) is 13.0. The van der Waals surface area contributed by atoms with Crippen molar-refractivity contribution in [3.8, 4) is 0 Å². The van der Waals surface area contributed by atoms with Gasteiger partial charge in [-0.05, 0) is 32.8 Å². The van der Waals surface area contributed by atoms with Crippen LogP contribution in [0.15, 0.2) is 10.5 Å². The third-order valence-corrected chi connectivity index (χ3v) is 6.32. The number of hydrogen-bond donors (Lipinski definition) is 0. The highest BCUT2D eigenvalue weighted by atomic mass is 16.5. The van der Waals surface area contributed by atoms with Crippen LogP contribution in [0.5, 0.6) is 0 Å². The molecule has 2 amide bonds. The minimum Gasteiger partial charge on any atom is -0.466 e. The average Bonchev–Trinajstić information content (AvgIpc) is 3.21. The lowest BCUT2D eigenvalue weighted by Gasteiger charge is -2.39. The van der Waals surface area contributed by atoms with Gasteiger partial charge in [0.25, 0.3) is 5.91 Å². The largest absolute Gasteiger partial charge is 0.466 e. The number of morpholine rings is 1. The van der Waals surface area contributed by atoms with Gasteiger partial charge in [-0.1, -0.05) is 0 Å². The molecule has 3 aliphatic heterocycles. The van der Waals surface area contributed by atoms with Crippen LogP contribution in [-0.2, 0) is 14.3 Å². The molecular formula is C20H28N2O5. The Morgan fingerprint density at radius 1 is 1.04 bits per heavy atom. The Kier molecular flexibility index (Phi) is 4.99. The van der Waals surface area contributed by atoms with E-state index in [9.17, 15) is 9.59 Å². The normalized spacial score (nSPS) is 25.2. The van der Waals surface area contributed by atoms with Gasteiger partial charge in [0.05, 0.1) is 24.7 Å². The molecule has 0 bridgehead atoms. The zero-order chi connectivity index (χ0) is 19.0. The highest BCUT2D eigenvalue weighted by Crippen LogP contribution is 2.45. The monoisotopic (exact) mass is 376 g/mol. The summed E-state index contributed by atoms with van der Waals surface area (Å²) < 4.78 is 16.5. The second kappa shape index (κ2) is 7.28. The smallest absolute Gasteiger partial charge is 0.257 e. The van der Waals surface area contributed by atoms with Gasteiger partial charge in [0.15, 0.2) is 0 Å². The highest BCUT2D eigenvalue weighted by molar-refractivity contribution is 5.96. The van der Waals surface area contributed by atoms with Crippen LogP contribution in [0.1, 0.15) is 34.7 Å². The molecule has 0 N–H and O–H groups in total. The summed E-state index contributed by atoms with van der Waals surface area (Å²) in [6.07, 6.45) is 1.64. The summed E-state index contributed by atoms with van der Waals surface area (Å²) in [5, 5.41) is 0. The van der Waals surface area contributed by atoms with Gasteiger partial charge in [0.2, 0.25) is 5.91 Å². The number of hydrogen-bond acceptors (Lipinski definition) is 5. The van der Waals surface area contributed by atoms with E-state index in [0.29, 0.717) is 63.9 Å². The topological polar surface area (TPSA) is 72.2 Å². The molecule has 148 valence electrons. The molecule has 0 unspecified atom stereocenters. The third kappa shape index (κ3) is 3.38. The van der Waals surface area contributed by atoms with Crippen LogP contribution < -0.4 is 0 Å². The molecule has 0 aliphatic carbocycles. The van der Waals surface area contributed by atoms with E-state index in [2.05, 4.69) is 0 Å². The van der Waals surface area contributed by atoms with Crippen molar-refractivity contribution in [3.05, 3.63) is 23.2 Å². The fourth-order valence-electron chi connectivity index (χ4n) is 4.77. The Morgan fingerprint density at radius 3 is 2.33 bits per heavy atom. The van der Waals surface area contributed by atoms with Crippen molar-refractivity contribution in [1.29, 1.82) is 0 Å². The first-order valence-electron chi connectivity index (χ1n) is 9.81. The summed E-state index contributed by atoms with van der Waals surface area (Å²) in [6.45, 7) is 8.49. The van der Waals surface area contributed by atoms with Crippen LogP contribution in [0, 0.1) is 25.2 Å². The van der Waals surface area contributed by atoms with Crippen LogP contribution in [-0.4, -0.2) is 74.2 Å². The molecule has 3 aliphatic rings. The highest BCUT2D eigenvalue weighted by Gasteiger charge is 2.53. The van der Waals surface area contributed by atoms with Gasteiger partial charge >= 0.3 is 0 Å². The molecule has 4 rings (SSSR count). The second-order valence-electron chi connectivity index (χ2n) is 7.98. The molecule has 4 heterocycles. The summed E-state index contributed by atoms with van der Waals surface area (Å²) in [5.41, 5.74) is 0.421. The van der Waals surface area contributed by atoms with E-state index in [1.807, 2.05) is 23.6 Å². The predicted octanol–water partition coefficient (Wildman–Crippen LogP) is 1.62. The maximum absolute atomic E-state index is 13.3. The van der Waals surface area contributed by atoms with Gasteiger partial charge in [-0.3, -0.25) is 9.59 Å². The molecule has 7 heteroatoms. The Bertz CT molecular complexity index is 716. The third-order valence-electron chi connectivity index (χ3n) is 6.32. The van der Waals surface area contributed by atoms with Crippen molar-refractivity contribution in [2.45, 2.75) is 26.7 Å². The van der Waals surface area contributed by atoms with Crippen molar-refractivity contribution in [2.75, 3.05) is 52.6 Å². The van der Waals surface area contributed by atoms with Gasteiger partial charge in [-0.2, -0.15) is 0 Å². The Hall–Kier alpha value is -1.86. The zero-order valence-corrected chi connectivity index (χ0v) is 16.2. The summed E-state index contributed by atoms with van der Waals surface area (Å²) >= 11 is 0. The van der Waals surface area contributed by atoms with Crippen molar-refractivity contribution in [1.82, 2.24) is 9.80 Å². The van der Waals surface area contributed by atoms with Crippen molar-refractivity contribution in [3.63, 3.8) is 0 Å². The van der Waals surface area contributed by atoms with Gasteiger partial charge in [-0.15, -0.1) is 0 Å². The zero-order valence-electron chi connectivity index (χ0n) is 16.2. The lowest BCUT2D eigenvalue weighted by Crippen LogP contribution is -2.49. The number of likely N-dealkylation sites (tertiary alicyclic amines) is 1. The number of rotatable bonds is 2. The fourth-order valence-corrected chi connectivity index (χ4v) is 4.77. The maximum Gasteiger partial charge on any atom is 0.257 e. The second-order valence-corrected chi connectivity index (χ2v) is 7.98. The Balaban J connectivity index is 1.58. The van der Waals surface area contributed by atoms with E-state index in [1.54, 1.807) is 6.07 Å². The standard InChI is InChI=1S/C20H28N2O5/c1-14-11-16(15(2)27-14)18(23)22-12-17(19(24)21-5-9-26-10-6-21)20(13-22)3-7-25-8-4-20/h11,17H,3-10,12-13H2,1-2H3/t17-/m0/s1. The van der Waals surface area contributed by atoms with E-state index in [1.165, 1.54) is 0 Å². The summed E-state index contributed by atoms with van der Waals surface area (Å²) in [7, 11) is 0. The van der Waals surface area contributed by atoms with Crippen molar-refractivity contribution < 1.29 is 23.5 Å². The number of aryl methyl sites for hydroxylation is 2. The lowest BCUT2D eigenvalue weighted by molar-refractivity contribution is -0.144. The molecule has 27 heavy (non-hydrogen) atoms. The lowest BCUT2D eigenvalue weighted by atomic mass is 9.71. The molecule has 0 saturated carbocycles. The first-order valence-corrected chi connectivity index (χ1v) is 9.81. The van der Waals surface area contributed by atoms with E-state index in [0.717, 1.165) is 18.6 Å². The molecule has 3 saturated heterocycles. The molecule has 0 aromatic carbocycles. The molecule has 1 aromatic heterocycles. The molecular weight excluding hydrogens is 348 g/mol. The Morgan fingerprint density at radius 2 is 1.70 bits per heavy atom. The van der Waals surface area contributed by atoms with Crippen LogP contribution in [0.3, 0.4) is 0 Å². The molecule has 3 fully saturated rings. The number of carbonyl (C=O) groups excluding carboxylic acids is 2. The number of ether oxygens (including phenoxy) is 2. The first kappa shape index (κ1) is 18.5. The van der Waals surface area contributed by atoms with Crippen LogP contribution in [0.25, 0.3) is 0 Å². The van der Waals surface area contributed by atoms with Crippen LogP contribution >= 0.6 is 0 Å². The van der Waals surface area contributed by atoms with Gasteiger partial charge in [0.1, 0.15) is 11.5 Å². The Labute approximate surface area is 159 Å². The molecule has 1 spiro atoms. The minimum atomic E-state index is -0.185. The number of furan rings is 1. The van der Waals surface area contributed by atoms with Crippen LogP contribution in [0.4, 0.5) is 0 Å². The molecule has 7 nitrogen and oxygen atoms in total. The quantitative estimate of drug-likeness (QED) is 0.784. The average molecular weight is 376 g/mol. The SMILES string of the molecule is Cc1cc(C(=O)N2C[C@@H](C(=O)N3CCOCC3)C3(CCOCC3)C2)c(C)o1. The fraction of sp³-hybridized carbons (Fsp3) is 0.700. The van der Waals surface area contributed by atoms with Crippen LogP contribution in [0.2, 0.25) is 0 Å². The van der Waals surface area contributed by atoms with Crippen molar-refractivity contribution in [2.24, 2.45) is 11.3 Å². The molecule has 1 aromatic rings. The number of amides is 2. The van der Waals surface area contributed by atoms with E-state index < -0.39 is 0 Å². The summed E-state index contributed by atoms with van der Waals surface area (Å²) in [4.78, 5) is 30.2. The van der Waals surface area contributed by atoms with Gasteiger partial charge < -0.3 is 23.7 Å². The van der Waals surface area contributed by atoms with Crippen molar-refractivity contribution >= 4 is 11.8 Å². The van der Waals surface area contributed by atoms with E-state index in [-0.39, 0.29) is 23.1 Å². The minimum absolute atomic E-state index is 0.0347. The molecule has 1 atom stereocenters.